The van der Waals surface area contributed by atoms with Gasteiger partial charge in [0, 0.05) is 41.0 Å². The van der Waals surface area contributed by atoms with E-state index in [-0.39, 0.29) is 62.2 Å². The molecule has 0 N–H and O–H groups in total. The van der Waals surface area contributed by atoms with Crippen LogP contribution in [0.4, 0.5) is 0 Å². The molecule has 0 bridgehead atoms. The molecule has 4 amide bonds. The molecule has 16 heteroatoms. The van der Waals surface area contributed by atoms with Gasteiger partial charge in [-0.15, -0.1) is 0 Å². The minimum absolute atomic E-state index is 0.0809. The Hall–Kier alpha value is -5.80. The van der Waals surface area contributed by atoms with Crippen molar-refractivity contribution in [2.45, 2.75) is 170 Å². The van der Waals surface area contributed by atoms with Gasteiger partial charge < -0.3 is 38.5 Å². The first-order valence-electron chi connectivity index (χ1n) is 24.6. The Labute approximate surface area is 416 Å². The molecule has 1 fully saturated rings. The number of carbonyl (C=O) groups excluding carboxylic acids is 8. The Kier molecular flexibility index (Phi) is 22.1. The van der Waals surface area contributed by atoms with Crippen LogP contribution in [0.1, 0.15) is 117 Å². The molecule has 0 saturated carbocycles. The molecule has 2 aromatic rings. The summed E-state index contributed by atoms with van der Waals surface area (Å²) in [5, 5.41) is 0. The van der Waals surface area contributed by atoms with Crippen LogP contribution in [-0.2, 0) is 70.1 Å². The van der Waals surface area contributed by atoms with E-state index in [1.807, 2.05) is 93.5 Å². The van der Waals surface area contributed by atoms with Gasteiger partial charge >= 0.3 is 23.9 Å². The highest BCUT2D eigenvalue weighted by Gasteiger charge is 2.43. The van der Waals surface area contributed by atoms with Crippen molar-refractivity contribution in [3.05, 3.63) is 70.8 Å². The van der Waals surface area contributed by atoms with Gasteiger partial charge in [-0.2, -0.15) is 0 Å². The summed E-state index contributed by atoms with van der Waals surface area (Å²) in [5.41, 5.74) is 3.17. The predicted octanol–water partition coefficient (Wildman–Crippen LogP) is 6.28. The highest BCUT2D eigenvalue weighted by atomic mass is 16.6. The maximum absolute atomic E-state index is 14.7. The van der Waals surface area contributed by atoms with Crippen molar-refractivity contribution in [3.8, 4) is 0 Å². The van der Waals surface area contributed by atoms with Gasteiger partial charge in [0.05, 0.1) is 0 Å². The maximum atomic E-state index is 14.7. The molecule has 1 aliphatic rings. The molecule has 1 saturated heterocycles. The molecule has 2 aromatic carbocycles. The predicted molar refractivity (Wildman–Crippen MR) is 265 cm³/mol. The van der Waals surface area contributed by atoms with E-state index in [2.05, 4.69) is 0 Å². The van der Waals surface area contributed by atoms with E-state index in [1.165, 1.54) is 42.0 Å². The van der Waals surface area contributed by atoms with Crippen LogP contribution < -0.4 is 0 Å². The third-order valence-electron chi connectivity index (χ3n) is 12.5. The molecule has 0 aliphatic carbocycles. The Balaban J connectivity index is 2.27. The van der Waals surface area contributed by atoms with E-state index in [9.17, 15) is 38.4 Å². The molecule has 70 heavy (non-hydrogen) atoms. The van der Waals surface area contributed by atoms with Gasteiger partial charge in [0.25, 0.3) is 23.6 Å². The normalized spacial score (nSPS) is 24.9. The molecule has 0 aromatic heterocycles. The first-order chi connectivity index (χ1) is 32.6. The maximum Gasteiger partial charge on any atom is 0.329 e. The van der Waals surface area contributed by atoms with Crippen molar-refractivity contribution in [1.82, 2.24) is 19.6 Å². The number of hydrogen-bond donors (Lipinski definition) is 0. The summed E-state index contributed by atoms with van der Waals surface area (Å²) in [5.74, 6) is -7.13. The second-order valence-corrected chi connectivity index (χ2v) is 20.8. The van der Waals surface area contributed by atoms with E-state index in [0.29, 0.717) is 11.1 Å². The van der Waals surface area contributed by atoms with E-state index < -0.39 is 96.1 Å². The van der Waals surface area contributed by atoms with Crippen LogP contribution in [0.25, 0.3) is 0 Å². The summed E-state index contributed by atoms with van der Waals surface area (Å²) in [6, 6.07) is 9.64. The highest BCUT2D eigenvalue weighted by Crippen LogP contribution is 2.24. The number of nitrogens with zero attached hydrogens (tertiary/aromatic N) is 4. The molecule has 1 aliphatic heterocycles. The lowest BCUT2D eigenvalue weighted by atomic mass is 9.99. The number of esters is 4. The lowest BCUT2D eigenvalue weighted by Gasteiger charge is -2.35. The van der Waals surface area contributed by atoms with Gasteiger partial charge in [0.1, 0.15) is 24.2 Å². The van der Waals surface area contributed by atoms with Crippen molar-refractivity contribution in [2.24, 2.45) is 23.7 Å². The first kappa shape index (κ1) is 58.5. The summed E-state index contributed by atoms with van der Waals surface area (Å²) < 4.78 is 23.9. The molecule has 388 valence electrons. The largest absolute Gasteiger partial charge is 0.451 e. The summed E-state index contributed by atoms with van der Waals surface area (Å²) in [4.78, 5) is 120. The molecule has 3 rings (SSSR count). The van der Waals surface area contributed by atoms with Gasteiger partial charge in [0.15, 0.2) is 24.4 Å². The Bertz CT molecular complexity index is 2120. The number of rotatable bonds is 12. The molecule has 8 atom stereocenters. The molecule has 1 heterocycles. The zero-order chi connectivity index (χ0) is 52.9. The van der Waals surface area contributed by atoms with E-state index in [0.717, 1.165) is 30.7 Å². The van der Waals surface area contributed by atoms with Gasteiger partial charge in [-0.25, -0.2) is 19.2 Å². The topological polar surface area (TPSA) is 186 Å². The summed E-state index contributed by atoms with van der Waals surface area (Å²) >= 11 is 0. The lowest BCUT2D eigenvalue weighted by Crippen LogP contribution is -2.55. The number of ether oxygens (including phenoxy) is 4. The summed E-state index contributed by atoms with van der Waals surface area (Å²) in [7, 11) is 5.59. The average Bonchev–Trinajstić information content (AvgIpc) is 3.28. The van der Waals surface area contributed by atoms with Crippen LogP contribution in [-0.4, -0.2) is 144 Å². The highest BCUT2D eigenvalue weighted by molar-refractivity contribution is 5.94. The number of aryl methyl sites for hydroxylation is 2. The molecule has 0 radical (unpaired) electrons. The second kappa shape index (κ2) is 26.4. The minimum atomic E-state index is -1.48. The molecular formula is C54H80N4O12. The first-order valence-corrected chi connectivity index (χ1v) is 24.6. The number of likely N-dealkylation sites (N-methyl/N-ethyl adjacent to an activating group) is 4. The SMILES string of the molecule is Cc1ccc(C[C@H]2OC(=O)[C@H](CC(C)C)N(C)C(=O)[C@@H](C)OC(=O)[C@H](CC(C)C)N(C)C(=O)[C@@H](Cc3cccc(C)c3)OC(=O)[C@H](CC(C)C)N(C)C(=O)[C@@H](C)OC(=O)[C@H](CC(C)C)N(C)C2=O)cc1. The van der Waals surface area contributed by atoms with Crippen LogP contribution in [0.15, 0.2) is 48.5 Å². The van der Waals surface area contributed by atoms with Crippen LogP contribution in [0.2, 0.25) is 0 Å². The van der Waals surface area contributed by atoms with Crippen LogP contribution in [0.5, 0.6) is 0 Å². The smallest absolute Gasteiger partial charge is 0.329 e. The molecular weight excluding hydrogens is 897 g/mol. The number of amides is 4. The standard InChI is InChI=1S/C54H80N4O12/c1-31(2)24-41-51(63)67-38(12)48(60)56(14)44(27-34(7)8)54(66)70-46(30-40-19-17-18-36(10)28-40)50(62)58(16)42(25-32(3)4)52(64)68-37(11)47(59)55(13)43(26-33(5)6)53(65)69-45(49(61)57(41)15)29-39-22-20-35(9)21-23-39/h17-23,28,31-34,37-38,41-46H,24-27,29-30H2,1-16H3/t37-,38-,41+,42+,43+,44+,45-,46-/m1/s1. The van der Waals surface area contributed by atoms with Gasteiger partial charge in [0.2, 0.25) is 0 Å². The minimum Gasteiger partial charge on any atom is -0.451 e. The van der Waals surface area contributed by atoms with Crippen LogP contribution in [0, 0.1) is 37.5 Å². The fourth-order valence-corrected chi connectivity index (χ4v) is 8.47. The number of hydrogen-bond acceptors (Lipinski definition) is 12. The molecule has 0 unspecified atom stereocenters. The molecule has 0 spiro atoms. The van der Waals surface area contributed by atoms with Gasteiger partial charge in [-0.05, 0) is 88.2 Å². The third-order valence-corrected chi connectivity index (χ3v) is 12.5. The van der Waals surface area contributed by atoms with E-state index in [1.54, 1.807) is 24.3 Å². The second-order valence-electron chi connectivity index (χ2n) is 20.8. The Morgan fingerprint density at radius 1 is 0.414 bits per heavy atom. The quantitative estimate of drug-likeness (QED) is 0.172. The summed E-state index contributed by atoms with van der Waals surface area (Å²) in [6.45, 7) is 21.4. The van der Waals surface area contributed by atoms with Crippen molar-refractivity contribution in [3.63, 3.8) is 0 Å². The van der Waals surface area contributed by atoms with Crippen LogP contribution in [0.3, 0.4) is 0 Å². The zero-order valence-electron chi connectivity index (χ0n) is 44.5. The fraction of sp³-hybridized carbons (Fsp3) is 0.630. The third kappa shape index (κ3) is 16.7. The van der Waals surface area contributed by atoms with Gasteiger partial charge in [-0.3, -0.25) is 19.2 Å². The van der Waals surface area contributed by atoms with Crippen LogP contribution >= 0.6 is 0 Å². The monoisotopic (exact) mass is 977 g/mol. The van der Waals surface area contributed by atoms with Crippen molar-refractivity contribution in [2.75, 3.05) is 28.2 Å². The molecule has 16 nitrogen and oxygen atoms in total. The number of benzene rings is 2. The van der Waals surface area contributed by atoms with Crippen molar-refractivity contribution < 1.29 is 57.3 Å². The Morgan fingerprint density at radius 3 is 1.06 bits per heavy atom. The lowest BCUT2D eigenvalue weighted by molar-refractivity contribution is -0.176. The van der Waals surface area contributed by atoms with E-state index in [4.69, 9.17) is 18.9 Å². The number of carbonyl (C=O) groups is 8. The Morgan fingerprint density at radius 2 is 0.729 bits per heavy atom. The fourth-order valence-electron chi connectivity index (χ4n) is 8.47. The summed E-state index contributed by atoms with van der Waals surface area (Å²) in [6.07, 6.45) is -5.58. The zero-order valence-corrected chi connectivity index (χ0v) is 44.5. The van der Waals surface area contributed by atoms with Gasteiger partial charge in [-0.1, -0.05) is 115 Å². The van der Waals surface area contributed by atoms with Crippen molar-refractivity contribution >= 4 is 47.5 Å². The number of cyclic esters (lactones) is 4. The average molecular weight is 977 g/mol. The van der Waals surface area contributed by atoms with Crippen molar-refractivity contribution in [1.29, 1.82) is 0 Å². The van der Waals surface area contributed by atoms with E-state index >= 15 is 0 Å².